The summed E-state index contributed by atoms with van der Waals surface area (Å²) in [7, 11) is 0. The van der Waals surface area contributed by atoms with Crippen LogP contribution in [0.5, 0.6) is 0 Å². The van der Waals surface area contributed by atoms with Crippen LogP contribution in [0.3, 0.4) is 0 Å². The van der Waals surface area contributed by atoms with E-state index in [1.807, 2.05) is 0 Å². The normalized spacial score (nSPS) is 11.9. The molecule has 4 aromatic carbocycles. The summed E-state index contributed by atoms with van der Waals surface area (Å²) in [6, 6.07) is 20.9. The van der Waals surface area contributed by atoms with Crippen molar-refractivity contribution in [1.29, 1.82) is 0 Å². The fourth-order valence-electron chi connectivity index (χ4n) is 3.94. The SMILES string of the molecule is CC(=O)c1ccc(NC(=S)Nc2cccc(SC(C(=O)Nc3c(F)c(F)c(C(F)(F)F)c(F)c3F)c3ccccc3)c2)cc1. The number of alkyl halides is 3. The highest BCUT2D eigenvalue weighted by Gasteiger charge is 2.42. The average Bonchev–Trinajstić information content (AvgIpc) is 2.97. The lowest BCUT2D eigenvalue weighted by Gasteiger charge is -2.19. The molecule has 0 saturated carbocycles. The third-order valence-corrected chi connectivity index (χ3v) is 7.48. The highest BCUT2D eigenvalue weighted by Crippen LogP contribution is 2.41. The Kier molecular flexibility index (Phi) is 9.95. The minimum absolute atomic E-state index is 0.0944. The average molecular weight is 652 g/mol. The number of ketones is 1. The summed E-state index contributed by atoms with van der Waals surface area (Å²) in [5, 5.41) is 6.55. The van der Waals surface area contributed by atoms with Crippen molar-refractivity contribution in [3.8, 4) is 0 Å². The molecule has 1 atom stereocenters. The Bertz CT molecular complexity index is 1690. The van der Waals surface area contributed by atoms with Gasteiger partial charge in [0.05, 0.1) is 0 Å². The van der Waals surface area contributed by atoms with E-state index < -0.39 is 51.9 Å². The van der Waals surface area contributed by atoms with Gasteiger partial charge in [-0.15, -0.1) is 11.8 Å². The van der Waals surface area contributed by atoms with E-state index in [-0.39, 0.29) is 10.9 Å². The van der Waals surface area contributed by atoms with Crippen molar-refractivity contribution in [3.05, 3.63) is 119 Å². The molecule has 4 aromatic rings. The lowest BCUT2D eigenvalue weighted by atomic mass is 10.1. The molecule has 0 aliphatic carbocycles. The molecule has 4 rings (SSSR count). The number of hydrogen-bond donors (Lipinski definition) is 3. The van der Waals surface area contributed by atoms with E-state index in [1.165, 1.54) is 19.1 Å². The van der Waals surface area contributed by atoms with Crippen LogP contribution in [0.4, 0.5) is 47.8 Å². The highest BCUT2D eigenvalue weighted by molar-refractivity contribution is 8.00. The minimum atomic E-state index is -5.72. The standard InChI is InChI=1S/C30H20F7N3O2S2/c1-15(41)16-10-12-18(13-11-16)38-29(43)39-19-8-5-9-20(14-19)44-27(17-6-3-2-4-7-17)28(42)40-26-24(33)22(31)21(30(35,36)37)23(32)25(26)34/h2-14,27H,1H3,(H,40,42)(H2,38,39,43). The molecule has 1 unspecified atom stereocenters. The van der Waals surface area contributed by atoms with Crippen molar-refractivity contribution in [2.24, 2.45) is 0 Å². The highest BCUT2D eigenvalue weighted by atomic mass is 32.2. The summed E-state index contributed by atoms with van der Waals surface area (Å²) in [5.41, 5.74) is -2.52. The van der Waals surface area contributed by atoms with E-state index in [0.717, 1.165) is 11.8 Å². The lowest BCUT2D eigenvalue weighted by Crippen LogP contribution is -2.23. The summed E-state index contributed by atoms with van der Waals surface area (Å²) >= 11 is 6.23. The van der Waals surface area contributed by atoms with Crippen LogP contribution in [0, 0.1) is 23.3 Å². The van der Waals surface area contributed by atoms with Crippen molar-refractivity contribution in [2.45, 2.75) is 23.2 Å². The van der Waals surface area contributed by atoms with Crippen LogP contribution < -0.4 is 16.0 Å². The van der Waals surface area contributed by atoms with Crippen LogP contribution >= 0.6 is 24.0 Å². The zero-order valence-electron chi connectivity index (χ0n) is 22.4. The number of carbonyl (C=O) groups is 2. The van der Waals surface area contributed by atoms with Crippen LogP contribution in [0.15, 0.2) is 83.8 Å². The van der Waals surface area contributed by atoms with Gasteiger partial charge in [-0.2, -0.15) is 13.2 Å². The second-order valence-corrected chi connectivity index (χ2v) is 10.7. The number of hydrogen-bond acceptors (Lipinski definition) is 4. The molecule has 228 valence electrons. The monoisotopic (exact) mass is 651 g/mol. The fourth-order valence-corrected chi connectivity index (χ4v) is 5.26. The van der Waals surface area contributed by atoms with Crippen LogP contribution in [0.2, 0.25) is 0 Å². The van der Waals surface area contributed by atoms with E-state index in [4.69, 9.17) is 12.2 Å². The maximum atomic E-state index is 14.5. The van der Waals surface area contributed by atoms with E-state index in [1.54, 1.807) is 72.0 Å². The Morgan fingerprint density at radius 2 is 1.34 bits per heavy atom. The van der Waals surface area contributed by atoms with Crippen LogP contribution in [-0.2, 0) is 11.0 Å². The molecule has 1 amide bonds. The molecule has 3 N–H and O–H groups in total. The molecule has 5 nitrogen and oxygen atoms in total. The first-order valence-electron chi connectivity index (χ1n) is 12.5. The number of benzene rings is 4. The van der Waals surface area contributed by atoms with E-state index in [2.05, 4.69) is 10.6 Å². The number of halogens is 7. The lowest BCUT2D eigenvalue weighted by molar-refractivity contribution is -0.143. The Balaban J connectivity index is 1.56. The van der Waals surface area contributed by atoms with Crippen molar-refractivity contribution in [3.63, 3.8) is 0 Å². The van der Waals surface area contributed by atoms with E-state index >= 15 is 0 Å². The number of thiocarbonyl (C=S) groups is 1. The Labute approximate surface area is 255 Å². The number of carbonyl (C=O) groups excluding carboxylic acids is 2. The summed E-state index contributed by atoms with van der Waals surface area (Å²) in [6.07, 6.45) is -5.72. The topological polar surface area (TPSA) is 70.2 Å². The molecule has 0 heterocycles. The van der Waals surface area contributed by atoms with Crippen LogP contribution in [-0.4, -0.2) is 16.8 Å². The first kappa shape index (κ1) is 32.5. The van der Waals surface area contributed by atoms with Crippen molar-refractivity contribution < 1.29 is 40.3 Å². The summed E-state index contributed by atoms with van der Waals surface area (Å²) in [6.45, 7) is 1.44. The number of anilines is 3. The Morgan fingerprint density at radius 3 is 1.91 bits per heavy atom. The van der Waals surface area contributed by atoms with Gasteiger partial charge >= 0.3 is 6.18 Å². The molecular formula is C30H20F7N3O2S2. The summed E-state index contributed by atoms with van der Waals surface area (Å²) in [4.78, 5) is 25.2. The van der Waals surface area contributed by atoms with Gasteiger partial charge in [-0.25, -0.2) is 17.6 Å². The fraction of sp³-hybridized carbons (Fsp3) is 0.100. The van der Waals surface area contributed by atoms with Gasteiger partial charge < -0.3 is 16.0 Å². The summed E-state index contributed by atoms with van der Waals surface area (Å²) in [5.74, 6) is -11.4. The van der Waals surface area contributed by atoms with Crippen molar-refractivity contribution in [2.75, 3.05) is 16.0 Å². The van der Waals surface area contributed by atoms with Crippen molar-refractivity contribution in [1.82, 2.24) is 0 Å². The molecule has 0 spiro atoms. The molecule has 14 heteroatoms. The molecule has 0 aliphatic rings. The zero-order valence-corrected chi connectivity index (χ0v) is 24.0. The van der Waals surface area contributed by atoms with Crippen LogP contribution in [0.25, 0.3) is 0 Å². The predicted octanol–water partition coefficient (Wildman–Crippen LogP) is 8.75. The molecule has 44 heavy (non-hydrogen) atoms. The maximum Gasteiger partial charge on any atom is 0.422 e. The van der Waals surface area contributed by atoms with Gasteiger partial charge in [0.25, 0.3) is 0 Å². The van der Waals surface area contributed by atoms with Crippen LogP contribution in [0.1, 0.15) is 33.7 Å². The number of rotatable bonds is 8. The molecule has 0 radical (unpaired) electrons. The molecule has 0 aliphatic heterocycles. The first-order chi connectivity index (χ1) is 20.8. The second kappa shape index (κ2) is 13.5. The molecular weight excluding hydrogens is 631 g/mol. The Morgan fingerprint density at radius 1 is 0.750 bits per heavy atom. The quantitative estimate of drug-likeness (QED) is 0.0582. The van der Waals surface area contributed by atoms with Gasteiger partial charge in [0, 0.05) is 21.8 Å². The zero-order chi connectivity index (χ0) is 32.2. The molecule has 0 saturated heterocycles. The third kappa shape index (κ3) is 7.55. The number of Topliss-reactive ketones (excluding diaryl/α,β-unsaturated/α-hetero) is 1. The van der Waals surface area contributed by atoms with Gasteiger partial charge in [0.15, 0.2) is 34.2 Å². The van der Waals surface area contributed by atoms with Gasteiger partial charge in [-0.1, -0.05) is 36.4 Å². The van der Waals surface area contributed by atoms with Gasteiger partial charge in [0.2, 0.25) is 5.91 Å². The minimum Gasteiger partial charge on any atom is -0.332 e. The first-order valence-corrected chi connectivity index (χ1v) is 13.8. The predicted molar refractivity (Wildman–Crippen MR) is 158 cm³/mol. The van der Waals surface area contributed by atoms with E-state index in [9.17, 15) is 40.3 Å². The second-order valence-electron chi connectivity index (χ2n) is 9.14. The number of nitrogens with one attached hydrogen (secondary N) is 3. The third-order valence-electron chi connectivity index (χ3n) is 6.03. The smallest absolute Gasteiger partial charge is 0.332 e. The maximum absolute atomic E-state index is 14.5. The number of amides is 1. The molecule has 0 bridgehead atoms. The Hall–Kier alpha value is -4.43. The van der Waals surface area contributed by atoms with Gasteiger partial charge in [-0.3, -0.25) is 9.59 Å². The van der Waals surface area contributed by atoms with E-state index in [0.29, 0.717) is 27.4 Å². The largest absolute Gasteiger partial charge is 0.422 e. The molecule has 0 aromatic heterocycles. The van der Waals surface area contributed by atoms with Gasteiger partial charge in [-0.05, 0) is 67.2 Å². The summed E-state index contributed by atoms with van der Waals surface area (Å²) < 4.78 is 96.3. The van der Waals surface area contributed by atoms with Gasteiger partial charge in [0.1, 0.15) is 16.5 Å². The molecule has 0 fully saturated rings. The number of thioether (sulfide) groups is 1. The van der Waals surface area contributed by atoms with Crippen molar-refractivity contribution >= 4 is 57.8 Å².